The van der Waals surface area contributed by atoms with Crippen LogP contribution in [-0.2, 0) is 30.8 Å². The molecule has 4 N–H and O–H groups in total. The third-order valence-electron chi connectivity index (χ3n) is 8.60. The van der Waals surface area contributed by atoms with Crippen LogP contribution in [-0.4, -0.2) is 74.3 Å². The summed E-state index contributed by atoms with van der Waals surface area (Å²) in [5, 5.41) is 20.1. The SMILES string of the molecule is COC1CCCC(CC(O)C(Cc2ccccc2)NC(=O)C(CSc2ccc3ccccc3c2)NS(C)(=O)=O)(C(=O)NC(C)(C)C)C1. The number of fused-ring (bicyclic) bond motifs is 1. The minimum Gasteiger partial charge on any atom is -0.391 e. The van der Waals surface area contributed by atoms with Gasteiger partial charge in [0, 0.05) is 23.3 Å². The second-order valence-electron chi connectivity index (χ2n) is 13.8. The van der Waals surface area contributed by atoms with E-state index >= 15 is 0 Å². The predicted octanol–water partition coefficient (Wildman–Crippen LogP) is 4.82. The molecule has 1 aliphatic rings. The van der Waals surface area contributed by atoms with Crippen LogP contribution in [0.5, 0.6) is 0 Å². The first-order chi connectivity index (χ1) is 22.2. The fourth-order valence-electron chi connectivity index (χ4n) is 6.30. The van der Waals surface area contributed by atoms with E-state index in [-0.39, 0.29) is 24.2 Å². The average Bonchev–Trinajstić information content (AvgIpc) is 3.01. The van der Waals surface area contributed by atoms with Crippen molar-refractivity contribution in [3.63, 3.8) is 0 Å². The molecule has 0 spiro atoms. The van der Waals surface area contributed by atoms with Crippen LogP contribution in [0.2, 0.25) is 0 Å². The summed E-state index contributed by atoms with van der Waals surface area (Å²) in [5.41, 5.74) is -0.483. The van der Waals surface area contributed by atoms with Gasteiger partial charge < -0.3 is 20.5 Å². The Morgan fingerprint density at radius 2 is 1.72 bits per heavy atom. The number of ether oxygens (including phenoxy) is 1. The number of methoxy groups -OCH3 is 1. The molecule has 5 atom stereocenters. The summed E-state index contributed by atoms with van der Waals surface area (Å²) in [6.07, 6.45) is 2.83. The van der Waals surface area contributed by atoms with Crippen LogP contribution in [0.3, 0.4) is 0 Å². The van der Waals surface area contributed by atoms with Crippen molar-refractivity contribution in [1.82, 2.24) is 15.4 Å². The van der Waals surface area contributed by atoms with Gasteiger partial charge in [0.05, 0.1) is 29.9 Å². The van der Waals surface area contributed by atoms with E-state index in [1.807, 2.05) is 93.6 Å². The number of hydrogen-bond acceptors (Lipinski definition) is 7. The van der Waals surface area contributed by atoms with Gasteiger partial charge in [-0.15, -0.1) is 11.8 Å². The Morgan fingerprint density at radius 1 is 1.04 bits per heavy atom. The van der Waals surface area contributed by atoms with Gasteiger partial charge in [0.1, 0.15) is 6.04 Å². The van der Waals surface area contributed by atoms with E-state index in [0.29, 0.717) is 19.3 Å². The maximum atomic E-state index is 13.9. The lowest BCUT2D eigenvalue weighted by atomic mass is 9.67. The molecule has 9 nitrogen and oxygen atoms in total. The lowest BCUT2D eigenvalue weighted by molar-refractivity contribution is -0.141. The number of nitrogens with one attached hydrogen (secondary N) is 3. The molecule has 5 unspecified atom stereocenters. The normalized spacial score (nSPS) is 20.7. The summed E-state index contributed by atoms with van der Waals surface area (Å²) < 4.78 is 33.0. The molecular weight excluding hydrogens is 635 g/mol. The fourth-order valence-corrected chi connectivity index (χ4v) is 8.08. The Hall–Kier alpha value is -2.96. The van der Waals surface area contributed by atoms with Gasteiger partial charge in [-0.1, -0.05) is 60.7 Å². The zero-order valence-electron chi connectivity index (χ0n) is 28.0. The zero-order valence-corrected chi connectivity index (χ0v) is 29.6. The number of aliphatic hydroxyl groups is 1. The van der Waals surface area contributed by atoms with Gasteiger partial charge in [-0.25, -0.2) is 13.1 Å². The van der Waals surface area contributed by atoms with Crippen LogP contribution in [0, 0.1) is 5.41 Å². The Bertz CT molecular complexity index is 1610. The smallest absolute Gasteiger partial charge is 0.239 e. The molecule has 0 bridgehead atoms. The highest BCUT2D eigenvalue weighted by molar-refractivity contribution is 7.99. The molecule has 256 valence electrons. The zero-order chi connectivity index (χ0) is 34.2. The van der Waals surface area contributed by atoms with Gasteiger partial charge in [0.15, 0.2) is 0 Å². The van der Waals surface area contributed by atoms with E-state index in [9.17, 15) is 23.1 Å². The summed E-state index contributed by atoms with van der Waals surface area (Å²) in [5.74, 6) is -0.548. The number of aliphatic hydroxyl groups excluding tert-OH is 1. The van der Waals surface area contributed by atoms with Crippen molar-refractivity contribution in [3.05, 3.63) is 78.4 Å². The molecule has 0 aliphatic heterocycles. The Morgan fingerprint density at radius 3 is 2.38 bits per heavy atom. The van der Waals surface area contributed by atoms with Crippen molar-refractivity contribution >= 4 is 44.4 Å². The molecule has 3 aromatic rings. The average molecular weight is 684 g/mol. The first-order valence-electron chi connectivity index (χ1n) is 16.1. The largest absolute Gasteiger partial charge is 0.391 e. The number of benzene rings is 3. The highest BCUT2D eigenvalue weighted by atomic mass is 32.2. The Balaban J connectivity index is 1.59. The molecule has 0 radical (unpaired) electrons. The van der Waals surface area contributed by atoms with Gasteiger partial charge >= 0.3 is 0 Å². The number of rotatable bonds is 14. The molecule has 2 amide bonds. The molecule has 47 heavy (non-hydrogen) atoms. The molecule has 1 aliphatic carbocycles. The summed E-state index contributed by atoms with van der Waals surface area (Å²) >= 11 is 1.37. The maximum absolute atomic E-state index is 13.9. The Labute approximate surface area is 283 Å². The molecule has 11 heteroatoms. The molecule has 0 saturated heterocycles. The molecule has 1 fully saturated rings. The monoisotopic (exact) mass is 683 g/mol. The topological polar surface area (TPSA) is 134 Å². The quantitative estimate of drug-likeness (QED) is 0.179. The molecule has 0 heterocycles. The maximum Gasteiger partial charge on any atom is 0.239 e. The minimum atomic E-state index is -3.75. The van der Waals surface area contributed by atoms with Crippen LogP contribution < -0.4 is 15.4 Å². The number of hydrogen-bond donors (Lipinski definition) is 4. The van der Waals surface area contributed by atoms with Gasteiger partial charge in [-0.2, -0.15) is 0 Å². The third kappa shape index (κ3) is 11.0. The van der Waals surface area contributed by atoms with E-state index in [1.165, 1.54) is 11.8 Å². The van der Waals surface area contributed by atoms with Crippen molar-refractivity contribution in [2.75, 3.05) is 19.1 Å². The fraction of sp³-hybridized carbons (Fsp3) is 0.500. The molecule has 3 aromatic carbocycles. The lowest BCUT2D eigenvalue weighted by Crippen LogP contribution is -2.57. The van der Waals surface area contributed by atoms with E-state index in [2.05, 4.69) is 15.4 Å². The van der Waals surface area contributed by atoms with Crippen molar-refractivity contribution in [3.8, 4) is 0 Å². The van der Waals surface area contributed by atoms with E-state index in [1.54, 1.807) is 7.11 Å². The van der Waals surface area contributed by atoms with Gasteiger partial charge in [0.2, 0.25) is 21.8 Å². The van der Waals surface area contributed by atoms with Crippen LogP contribution in [0.4, 0.5) is 0 Å². The lowest BCUT2D eigenvalue weighted by Gasteiger charge is -2.43. The standard InChI is InChI=1S/C36H49N3O6S2/c1-35(2,3)38-34(42)36(19-11-16-28(22-36)45-4)23-32(40)30(20-25-12-7-6-8-13-25)37-33(41)31(39-47(5,43)44)24-46-29-18-17-26-14-9-10-15-27(26)21-29/h6-10,12-15,17-18,21,28,30-32,39-40H,11,16,19-20,22-24H2,1-5H3,(H,37,41)(H,38,42). The van der Waals surface area contributed by atoms with E-state index < -0.39 is 45.1 Å². The third-order valence-corrected chi connectivity index (χ3v) is 10.4. The number of carbonyl (C=O) groups is 2. The van der Waals surface area contributed by atoms with E-state index in [4.69, 9.17) is 4.74 Å². The first kappa shape index (κ1) is 36.9. The van der Waals surface area contributed by atoms with Crippen LogP contribution in [0.1, 0.15) is 58.4 Å². The van der Waals surface area contributed by atoms with Crippen molar-refractivity contribution in [1.29, 1.82) is 0 Å². The summed E-state index contributed by atoms with van der Waals surface area (Å²) in [7, 11) is -2.11. The summed E-state index contributed by atoms with van der Waals surface area (Å²) in [6.45, 7) is 5.78. The molecular formula is C36H49N3O6S2. The van der Waals surface area contributed by atoms with Gasteiger partial charge in [0.25, 0.3) is 0 Å². The van der Waals surface area contributed by atoms with Crippen molar-refractivity contribution in [2.45, 2.75) is 94.0 Å². The van der Waals surface area contributed by atoms with Crippen LogP contribution in [0.15, 0.2) is 77.7 Å². The first-order valence-corrected chi connectivity index (χ1v) is 19.0. The number of carbonyl (C=O) groups excluding carboxylic acids is 2. The summed E-state index contributed by atoms with van der Waals surface area (Å²) in [4.78, 5) is 28.6. The number of amides is 2. The van der Waals surface area contributed by atoms with Crippen LogP contribution in [0.25, 0.3) is 10.8 Å². The number of sulfonamides is 1. The van der Waals surface area contributed by atoms with Crippen molar-refractivity contribution in [2.24, 2.45) is 5.41 Å². The second-order valence-corrected chi connectivity index (χ2v) is 16.7. The Kier molecular flexibility index (Phi) is 12.5. The molecule has 1 saturated carbocycles. The van der Waals surface area contributed by atoms with Gasteiger partial charge in [-0.05, 0) is 87.8 Å². The minimum absolute atomic E-state index is 0.114. The van der Waals surface area contributed by atoms with Gasteiger partial charge in [-0.3, -0.25) is 9.59 Å². The number of thioether (sulfide) groups is 1. The predicted molar refractivity (Wildman–Crippen MR) is 189 cm³/mol. The summed E-state index contributed by atoms with van der Waals surface area (Å²) in [6, 6.07) is 21.5. The highest BCUT2D eigenvalue weighted by Crippen LogP contribution is 2.42. The highest BCUT2D eigenvalue weighted by Gasteiger charge is 2.46. The molecule has 4 rings (SSSR count). The second kappa shape index (κ2) is 16.0. The van der Waals surface area contributed by atoms with E-state index in [0.717, 1.165) is 40.3 Å². The van der Waals surface area contributed by atoms with Crippen LogP contribution >= 0.6 is 11.8 Å². The molecule has 0 aromatic heterocycles. The van der Waals surface area contributed by atoms with Crippen molar-refractivity contribution < 1.29 is 27.9 Å².